The lowest BCUT2D eigenvalue weighted by atomic mass is 10.2. The zero-order chi connectivity index (χ0) is 21.0. The lowest BCUT2D eigenvalue weighted by Gasteiger charge is -2.22. The second-order valence-electron chi connectivity index (χ2n) is 6.53. The van der Waals surface area contributed by atoms with Gasteiger partial charge in [-0.05, 0) is 57.5 Å². The zero-order valence-electron chi connectivity index (χ0n) is 17.0. The van der Waals surface area contributed by atoms with Crippen LogP contribution in [0.2, 0.25) is 5.02 Å². The highest BCUT2D eigenvalue weighted by Crippen LogP contribution is 2.33. The fourth-order valence-corrected chi connectivity index (χ4v) is 4.20. The molecule has 0 spiro atoms. The van der Waals surface area contributed by atoms with E-state index in [-0.39, 0.29) is 11.2 Å². The van der Waals surface area contributed by atoms with Crippen molar-refractivity contribution in [1.82, 2.24) is 24.6 Å². The number of benzene rings is 1. The Bertz CT molecular complexity index is 988. The zero-order valence-corrected chi connectivity index (χ0v) is 18.5. The summed E-state index contributed by atoms with van der Waals surface area (Å²) in [6.45, 7) is 9.20. The van der Waals surface area contributed by atoms with E-state index in [0.717, 1.165) is 16.8 Å². The SMILES string of the molecule is CCN(CC)C(=O)C(C)Sc1nnc(-c2ccncc2)n1-c1cccc(Cl)c1C. The predicted octanol–water partition coefficient (Wildman–Crippen LogP) is 4.64. The van der Waals surface area contributed by atoms with Gasteiger partial charge >= 0.3 is 0 Å². The molecule has 0 saturated carbocycles. The van der Waals surface area contributed by atoms with E-state index in [1.165, 1.54) is 11.8 Å². The van der Waals surface area contributed by atoms with Crippen molar-refractivity contribution in [2.75, 3.05) is 13.1 Å². The smallest absolute Gasteiger partial charge is 0.235 e. The number of nitrogens with zero attached hydrogens (tertiary/aromatic N) is 5. The Morgan fingerprint density at radius 2 is 1.86 bits per heavy atom. The van der Waals surface area contributed by atoms with E-state index < -0.39 is 0 Å². The molecule has 0 aliphatic rings. The fourth-order valence-electron chi connectivity index (χ4n) is 3.09. The minimum Gasteiger partial charge on any atom is -0.342 e. The highest BCUT2D eigenvalue weighted by molar-refractivity contribution is 8.00. The van der Waals surface area contributed by atoms with Gasteiger partial charge in [0.25, 0.3) is 0 Å². The fraction of sp³-hybridized carbons (Fsp3) is 0.333. The van der Waals surface area contributed by atoms with Gasteiger partial charge < -0.3 is 4.90 Å². The second-order valence-corrected chi connectivity index (χ2v) is 8.25. The van der Waals surface area contributed by atoms with Gasteiger partial charge in [0.15, 0.2) is 11.0 Å². The quantitative estimate of drug-likeness (QED) is 0.512. The molecule has 2 aromatic heterocycles. The summed E-state index contributed by atoms with van der Waals surface area (Å²) < 4.78 is 1.97. The molecule has 3 aromatic rings. The topological polar surface area (TPSA) is 63.9 Å². The Morgan fingerprint density at radius 3 is 2.52 bits per heavy atom. The normalized spacial score (nSPS) is 12.0. The molecule has 6 nitrogen and oxygen atoms in total. The van der Waals surface area contributed by atoms with Crippen molar-refractivity contribution in [2.24, 2.45) is 0 Å². The molecule has 0 radical (unpaired) electrons. The number of carbonyl (C=O) groups excluding carboxylic acids is 1. The molecule has 0 aliphatic heterocycles. The summed E-state index contributed by atoms with van der Waals surface area (Å²) in [6.07, 6.45) is 3.44. The molecule has 3 rings (SSSR count). The van der Waals surface area contributed by atoms with Crippen molar-refractivity contribution < 1.29 is 4.79 Å². The Balaban J connectivity index is 2.08. The first-order valence-corrected chi connectivity index (χ1v) is 10.8. The standard InChI is InChI=1S/C21H24ClN5OS/c1-5-26(6-2)20(28)15(4)29-21-25-24-19(16-10-12-23-13-11-16)27(21)18-9-7-8-17(22)14(18)3/h7-13,15H,5-6H2,1-4H3. The molecular formula is C21H24ClN5OS. The number of pyridine rings is 1. The molecule has 0 aliphatic carbocycles. The third kappa shape index (κ3) is 4.46. The average molecular weight is 430 g/mol. The summed E-state index contributed by atoms with van der Waals surface area (Å²) in [7, 11) is 0. The second kappa shape index (κ2) is 9.41. The molecule has 8 heteroatoms. The Kier molecular flexibility index (Phi) is 6.92. The molecule has 1 amide bonds. The monoisotopic (exact) mass is 429 g/mol. The van der Waals surface area contributed by atoms with Crippen LogP contribution in [0.4, 0.5) is 0 Å². The van der Waals surface area contributed by atoms with E-state index in [2.05, 4.69) is 15.2 Å². The summed E-state index contributed by atoms with van der Waals surface area (Å²) in [6, 6.07) is 9.52. The van der Waals surface area contributed by atoms with Gasteiger partial charge in [-0.25, -0.2) is 0 Å². The molecule has 0 fully saturated rings. The van der Waals surface area contributed by atoms with Crippen molar-refractivity contribution in [2.45, 2.75) is 38.1 Å². The number of rotatable bonds is 7. The van der Waals surface area contributed by atoms with Crippen molar-refractivity contribution >= 4 is 29.3 Å². The minimum atomic E-state index is -0.289. The number of carbonyl (C=O) groups is 1. The van der Waals surface area contributed by atoms with Crippen LogP contribution in [0.15, 0.2) is 47.9 Å². The number of halogens is 1. The largest absolute Gasteiger partial charge is 0.342 e. The number of hydrogen-bond donors (Lipinski definition) is 0. The maximum Gasteiger partial charge on any atom is 0.235 e. The summed E-state index contributed by atoms with van der Waals surface area (Å²) in [5.41, 5.74) is 2.70. The molecule has 152 valence electrons. The van der Waals surface area contributed by atoms with Crippen molar-refractivity contribution in [3.05, 3.63) is 53.3 Å². The van der Waals surface area contributed by atoms with Gasteiger partial charge in [0.2, 0.25) is 5.91 Å². The van der Waals surface area contributed by atoms with Crippen molar-refractivity contribution in [3.63, 3.8) is 0 Å². The lowest BCUT2D eigenvalue weighted by molar-refractivity contribution is -0.129. The molecule has 2 heterocycles. The van der Waals surface area contributed by atoms with Gasteiger partial charge in [0, 0.05) is 36.1 Å². The Labute approximate surface area is 180 Å². The van der Waals surface area contributed by atoms with E-state index in [1.54, 1.807) is 12.4 Å². The van der Waals surface area contributed by atoms with Crippen LogP contribution >= 0.6 is 23.4 Å². The van der Waals surface area contributed by atoms with Gasteiger partial charge in [-0.1, -0.05) is 29.4 Å². The molecule has 0 N–H and O–H groups in total. The number of aromatic nitrogens is 4. The van der Waals surface area contributed by atoms with Gasteiger partial charge in [-0.3, -0.25) is 14.3 Å². The summed E-state index contributed by atoms with van der Waals surface area (Å²) in [4.78, 5) is 18.7. The molecule has 0 saturated heterocycles. The summed E-state index contributed by atoms with van der Waals surface area (Å²) in [5, 5.41) is 9.87. The van der Waals surface area contributed by atoms with Crippen LogP contribution < -0.4 is 0 Å². The van der Waals surface area contributed by atoms with Crippen LogP contribution in [0, 0.1) is 6.92 Å². The highest BCUT2D eigenvalue weighted by atomic mass is 35.5. The lowest BCUT2D eigenvalue weighted by Crippen LogP contribution is -2.36. The third-order valence-corrected chi connectivity index (χ3v) is 6.20. The number of amides is 1. The molecular weight excluding hydrogens is 406 g/mol. The predicted molar refractivity (Wildman–Crippen MR) is 118 cm³/mol. The first-order chi connectivity index (χ1) is 14.0. The number of thioether (sulfide) groups is 1. The van der Waals surface area contributed by atoms with Crippen molar-refractivity contribution in [3.8, 4) is 17.1 Å². The summed E-state index contributed by atoms with van der Waals surface area (Å²) >= 11 is 7.79. The molecule has 1 aromatic carbocycles. The molecule has 1 unspecified atom stereocenters. The maximum atomic E-state index is 12.8. The maximum absolute atomic E-state index is 12.8. The molecule has 1 atom stereocenters. The van der Waals surface area contributed by atoms with E-state index in [9.17, 15) is 4.79 Å². The highest BCUT2D eigenvalue weighted by Gasteiger charge is 2.25. The third-order valence-electron chi connectivity index (χ3n) is 4.76. The van der Waals surface area contributed by atoms with E-state index >= 15 is 0 Å². The van der Waals surface area contributed by atoms with Crippen molar-refractivity contribution in [1.29, 1.82) is 0 Å². The molecule has 0 bridgehead atoms. The van der Waals surface area contributed by atoms with Crippen LogP contribution in [0.3, 0.4) is 0 Å². The van der Waals surface area contributed by atoms with Gasteiger partial charge in [0.05, 0.1) is 10.9 Å². The Hall–Kier alpha value is -2.38. The van der Waals surface area contributed by atoms with Crippen LogP contribution in [0.1, 0.15) is 26.3 Å². The van der Waals surface area contributed by atoms with E-state index in [4.69, 9.17) is 11.6 Å². The first-order valence-electron chi connectivity index (χ1n) is 9.54. The van der Waals surface area contributed by atoms with Gasteiger partial charge in [-0.15, -0.1) is 10.2 Å². The van der Waals surface area contributed by atoms with Crippen LogP contribution in [-0.2, 0) is 4.79 Å². The van der Waals surface area contributed by atoms with Gasteiger partial charge in [-0.2, -0.15) is 0 Å². The minimum absolute atomic E-state index is 0.0860. The summed E-state index contributed by atoms with van der Waals surface area (Å²) in [5.74, 6) is 0.769. The Morgan fingerprint density at radius 1 is 1.17 bits per heavy atom. The molecule has 29 heavy (non-hydrogen) atoms. The van der Waals surface area contributed by atoms with Crippen LogP contribution in [0.5, 0.6) is 0 Å². The van der Waals surface area contributed by atoms with Gasteiger partial charge in [0.1, 0.15) is 0 Å². The van der Waals surface area contributed by atoms with E-state index in [1.807, 2.05) is 67.5 Å². The van der Waals surface area contributed by atoms with Crippen LogP contribution in [0.25, 0.3) is 17.1 Å². The van der Waals surface area contributed by atoms with E-state index in [0.29, 0.717) is 29.1 Å². The van der Waals surface area contributed by atoms with Crippen LogP contribution in [-0.4, -0.2) is 48.9 Å². The number of hydrogen-bond acceptors (Lipinski definition) is 5. The average Bonchev–Trinajstić information content (AvgIpc) is 3.14. The first kappa shape index (κ1) is 21.3.